The first-order valence-electron chi connectivity index (χ1n) is 8.53. The molecule has 1 saturated heterocycles. The molecule has 1 aromatic carbocycles. The van der Waals surface area contributed by atoms with Gasteiger partial charge in [-0.3, -0.25) is 4.79 Å². The van der Waals surface area contributed by atoms with E-state index in [1.807, 2.05) is 13.8 Å². The Morgan fingerprint density at radius 2 is 1.92 bits per heavy atom. The SMILES string of the molecule is CC(C)CNS(=O)(=O)c1ccc(CNC(=O)N2CCC(C(=O)O)C2)cc1. The third-order valence-corrected chi connectivity index (χ3v) is 5.62. The lowest BCUT2D eigenvalue weighted by molar-refractivity contribution is -0.141. The highest BCUT2D eigenvalue weighted by molar-refractivity contribution is 7.89. The van der Waals surface area contributed by atoms with Gasteiger partial charge in [0.1, 0.15) is 0 Å². The summed E-state index contributed by atoms with van der Waals surface area (Å²) in [6.07, 6.45) is 0.457. The Labute approximate surface area is 153 Å². The molecule has 0 spiro atoms. The zero-order valence-electron chi connectivity index (χ0n) is 14.9. The third-order valence-electron chi connectivity index (χ3n) is 4.18. The van der Waals surface area contributed by atoms with Crippen LogP contribution in [0.2, 0.25) is 0 Å². The predicted molar refractivity (Wildman–Crippen MR) is 96.0 cm³/mol. The number of urea groups is 1. The molecule has 2 rings (SSSR count). The molecule has 1 aliphatic rings. The Balaban J connectivity index is 1.87. The molecule has 8 nitrogen and oxygen atoms in total. The Bertz CT molecular complexity index is 746. The summed E-state index contributed by atoms with van der Waals surface area (Å²) >= 11 is 0. The van der Waals surface area contributed by atoms with Crippen LogP contribution in [0, 0.1) is 11.8 Å². The van der Waals surface area contributed by atoms with Crippen molar-refractivity contribution in [3.63, 3.8) is 0 Å². The van der Waals surface area contributed by atoms with Crippen LogP contribution in [0.15, 0.2) is 29.2 Å². The fourth-order valence-electron chi connectivity index (χ4n) is 2.58. The van der Waals surface area contributed by atoms with Crippen LogP contribution in [0.5, 0.6) is 0 Å². The van der Waals surface area contributed by atoms with Crippen molar-refractivity contribution in [2.45, 2.75) is 31.7 Å². The van der Waals surface area contributed by atoms with Crippen LogP contribution in [0.4, 0.5) is 4.79 Å². The van der Waals surface area contributed by atoms with Crippen molar-refractivity contribution in [2.24, 2.45) is 11.8 Å². The molecule has 3 N–H and O–H groups in total. The minimum absolute atomic E-state index is 0.178. The maximum atomic E-state index is 12.1. The first-order chi connectivity index (χ1) is 12.2. The highest BCUT2D eigenvalue weighted by atomic mass is 32.2. The first-order valence-corrected chi connectivity index (χ1v) is 10.0. The third kappa shape index (κ3) is 5.43. The minimum Gasteiger partial charge on any atom is -0.481 e. The molecule has 1 unspecified atom stereocenters. The van der Waals surface area contributed by atoms with E-state index in [1.165, 1.54) is 17.0 Å². The first kappa shape index (κ1) is 20.2. The number of carbonyl (C=O) groups is 2. The highest BCUT2D eigenvalue weighted by Gasteiger charge is 2.30. The average molecular weight is 383 g/mol. The summed E-state index contributed by atoms with van der Waals surface area (Å²) < 4.78 is 26.8. The van der Waals surface area contributed by atoms with Gasteiger partial charge in [0.25, 0.3) is 0 Å². The number of hydrogen-bond acceptors (Lipinski definition) is 4. The summed E-state index contributed by atoms with van der Waals surface area (Å²) in [4.78, 5) is 24.7. The molecule has 1 heterocycles. The number of amides is 2. The fourth-order valence-corrected chi connectivity index (χ4v) is 3.80. The van der Waals surface area contributed by atoms with Gasteiger partial charge in [0, 0.05) is 26.2 Å². The number of carboxylic acids is 1. The van der Waals surface area contributed by atoms with Crippen molar-refractivity contribution < 1.29 is 23.1 Å². The van der Waals surface area contributed by atoms with E-state index < -0.39 is 21.9 Å². The molecule has 1 fully saturated rings. The van der Waals surface area contributed by atoms with Crippen LogP contribution in [-0.4, -0.2) is 50.1 Å². The van der Waals surface area contributed by atoms with Crippen molar-refractivity contribution >= 4 is 22.0 Å². The van der Waals surface area contributed by atoms with Gasteiger partial charge in [-0.15, -0.1) is 0 Å². The molecule has 2 amide bonds. The van der Waals surface area contributed by atoms with Crippen LogP contribution in [0.3, 0.4) is 0 Å². The lowest BCUT2D eigenvalue weighted by atomic mass is 10.1. The van der Waals surface area contributed by atoms with E-state index >= 15 is 0 Å². The molecular weight excluding hydrogens is 358 g/mol. The Morgan fingerprint density at radius 1 is 1.27 bits per heavy atom. The molecule has 0 radical (unpaired) electrons. The lowest BCUT2D eigenvalue weighted by Gasteiger charge is -2.17. The molecule has 1 atom stereocenters. The second-order valence-electron chi connectivity index (χ2n) is 6.82. The molecular formula is C17H25N3O5S. The number of likely N-dealkylation sites (tertiary alicyclic amines) is 1. The summed E-state index contributed by atoms with van der Waals surface area (Å²) in [5, 5.41) is 11.7. The van der Waals surface area contributed by atoms with Crippen LogP contribution in [0.25, 0.3) is 0 Å². The summed E-state index contributed by atoms with van der Waals surface area (Å²) in [5.41, 5.74) is 0.759. The lowest BCUT2D eigenvalue weighted by Crippen LogP contribution is -2.38. The van der Waals surface area contributed by atoms with Gasteiger partial charge in [0.05, 0.1) is 10.8 Å². The summed E-state index contributed by atoms with van der Waals surface area (Å²) in [7, 11) is -3.53. The maximum Gasteiger partial charge on any atom is 0.317 e. The number of nitrogens with zero attached hydrogens (tertiary/aromatic N) is 1. The van der Waals surface area contributed by atoms with Gasteiger partial charge < -0.3 is 15.3 Å². The molecule has 0 bridgehead atoms. The molecule has 0 aromatic heterocycles. The van der Waals surface area contributed by atoms with Gasteiger partial charge >= 0.3 is 12.0 Å². The quantitative estimate of drug-likeness (QED) is 0.655. The monoisotopic (exact) mass is 383 g/mol. The van der Waals surface area contributed by atoms with E-state index in [2.05, 4.69) is 10.0 Å². The number of carbonyl (C=O) groups excluding carboxylic acids is 1. The van der Waals surface area contributed by atoms with Crippen molar-refractivity contribution in [2.75, 3.05) is 19.6 Å². The molecule has 1 aliphatic heterocycles. The number of benzene rings is 1. The Hall–Kier alpha value is -2.13. The largest absolute Gasteiger partial charge is 0.481 e. The smallest absolute Gasteiger partial charge is 0.317 e. The van der Waals surface area contributed by atoms with Crippen LogP contribution in [-0.2, 0) is 21.4 Å². The normalized spacial score (nSPS) is 17.5. The molecule has 26 heavy (non-hydrogen) atoms. The Morgan fingerprint density at radius 3 is 2.46 bits per heavy atom. The molecule has 0 aliphatic carbocycles. The van der Waals surface area contributed by atoms with Crippen molar-refractivity contribution in [3.8, 4) is 0 Å². The number of carboxylic acid groups (broad SMARTS) is 1. The number of aliphatic carboxylic acids is 1. The molecule has 9 heteroatoms. The van der Waals surface area contributed by atoms with Crippen LogP contribution >= 0.6 is 0 Å². The summed E-state index contributed by atoms with van der Waals surface area (Å²) in [5.74, 6) is -1.18. The van der Waals surface area contributed by atoms with E-state index in [0.717, 1.165) is 5.56 Å². The second kappa shape index (κ2) is 8.50. The predicted octanol–water partition coefficient (Wildman–Crippen LogP) is 1.24. The maximum absolute atomic E-state index is 12.1. The molecule has 144 valence electrons. The number of rotatable bonds is 7. The van der Waals surface area contributed by atoms with E-state index in [-0.39, 0.29) is 29.9 Å². The van der Waals surface area contributed by atoms with Crippen molar-refractivity contribution in [1.29, 1.82) is 0 Å². The summed E-state index contributed by atoms with van der Waals surface area (Å²) in [6.45, 7) is 5.09. The summed E-state index contributed by atoms with van der Waals surface area (Å²) in [6, 6.07) is 5.98. The van der Waals surface area contributed by atoms with E-state index in [9.17, 15) is 18.0 Å². The number of sulfonamides is 1. The van der Waals surface area contributed by atoms with Crippen LogP contribution < -0.4 is 10.0 Å². The highest BCUT2D eigenvalue weighted by Crippen LogP contribution is 2.16. The zero-order chi connectivity index (χ0) is 19.3. The van der Waals surface area contributed by atoms with E-state index in [4.69, 9.17) is 5.11 Å². The van der Waals surface area contributed by atoms with E-state index in [1.54, 1.807) is 12.1 Å². The number of nitrogens with one attached hydrogen (secondary N) is 2. The van der Waals surface area contributed by atoms with Gasteiger partial charge in [-0.25, -0.2) is 17.9 Å². The van der Waals surface area contributed by atoms with Gasteiger partial charge in [-0.05, 0) is 30.0 Å². The van der Waals surface area contributed by atoms with E-state index in [0.29, 0.717) is 19.5 Å². The molecule has 1 aromatic rings. The Kier molecular flexibility index (Phi) is 6.60. The van der Waals surface area contributed by atoms with Gasteiger partial charge in [0.2, 0.25) is 10.0 Å². The minimum atomic E-state index is -3.53. The van der Waals surface area contributed by atoms with Crippen LogP contribution in [0.1, 0.15) is 25.8 Å². The standard InChI is InChI=1S/C17H25N3O5S/c1-12(2)9-19-26(24,25)15-5-3-13(4-6-15)10-18-17(23)20-8-7-14(11-20)16(21)22/h3-6,12,14,19H,7-11H2,1-2H3,(H,18,23)(H,21,22). The topological polar surface area (TPSA) is 116 Å². The average Bonchev–Trinajstić information content (AvgIpc) is 3.09. The van der Waals surface area contributed by atoms with Gasteiger partial charge in [-0.1, -0.05) is 26.0 Å². The molecule has 0 saturated carbocycles. The number of hydrogen-bond donors (Lipinski definition) is 3. The van der Waals surface area contributed by atoms with Gasteiger partial charge in [0.15, 0.2) is 0 Å². The zero-order valence-corrected chi connectivity index (χ0v) is 15.8. The second-order valence-corrected chi connectivity index (χ2v) is 8.59. The van der Waals surface area contributed by atoms with Crippen molar-refractivity contribution in [1.82, 2.24) is 14.9 Å². The fraction of sp³-hybridized carbons (Fsp3) is 0.529. The van der Waals surface area contributed by atoms with Gasteiger partial charge in [-0.2, -0.15) is 0 Å². The van der Waals surface area contributed by atoms with Crippen molar-refractivity contribution in [3.05, 3.63) is 29.8 Å².